The second-order valence-electron chi connectivity index (χ2n) is 7.13. The molecule has 5 nitrogen and oxygen atoms in total. The summed E-state index contributed by atoms with van der Waals surface area (Å²) in [6.45, 7) is 4.02. The summed E-state index contributed by atoms with van der Waals surface area (Å²) in [4.78, 5) is 9.21. The maximum atomic E-state index is 6.31. The van der Waals surface area contributed by atoms with E-state index in [0.29, 0.717) is 28.5 Å². The average molecular weight is 384 g/mol. The number of ether oxygens (including phenoxy) is 1. The number of pyridine rings is 1. The molecule has 4 rings (SSSR count). The van der Waals surface area contributed by atoms with Gasteiger partial charge in [0.25, 0.3) is 5.89 Å². The van der Waals surface area contributed by atoms with E-state index in [4.69, 9.17) is 20.9 Å². The van der Waals surface area contributed by atoms with Crippen molar-refractivity contribution in [2.45, 2.75) is 45.4 Å². The van der Waals surface area contributed by atoms with Crippen LogP contribution in [0.5, 0.6) is 5.88 Å². The van der Waals surface area contributed by atoms with Crippen LogP contribution in [0.1, 0.15) is 48.4 Å². The fourth-order valence-corrected chi connectivity index (χ4v) is 3.85. The van der Waals surface area contributed by atoms with Crippen molar-refractivity contribution in [2.24, 2.45) is 0 Å². The van der Waals surface area contributed by atoms with Crippen LogP contribution in [-0.4, -0.2) is 22.2 Å². The first-order valence-corrected chi connectivity index (χ1v) is 9.60. The highest BCUT2D eigenvalue weighted by atomic mass is 35.5. The molecule has 0 saturated heterocycles. The second-order valence-corrected chi connectivity index (χ2v) is 7.53. The van der Waals surface area contributed by atoms with Crippen molar-refractivity contribution in [3.8, 4) is 28.7 Å². The van der Waals surface area contributed by atoms with Gasteiger partial charge in [-0.15, -0.1) is 0 Å². The molecule has 1 saturated carbocycles. The standard InChI is InChI=1S/C21H22ClN3O2/c1-12-8-15(9-17(22)13(12)2)20-24-21(27-25-20)16-10-18(14-6-4-5-7-14)23-19(11-16)26-3/h8-11,14H,4-7H2,1-3H3. The van der Waals surface area contributed by atoms with Gasteiger partial charge in [0.1, 0.15) is 0 Å². The molecule has 0 aliphatic heterocycles. The highest BCUT2D eigenvalue weighted by molar-refractivity contribution is 6.31. The monoisotopic (exact) mass is 383 g/mol. The Morgan fingerprint density at radius 3 is 2.52 bits per heavy atom. The third-order valence-corrected chi connectivity index (χ3v) is 5.73. The topological polar surface area (TPSA) is 61.0 Å². The molecule has 0 unspecified atom stereocenters. The smallest absolute Gasteiger partial charge is 0.258 e. The van der Waals surface area contributed by atoms with E-state index in [9.17, 15) is 0 Å². The molecule has 3 aromatic rings. The van der Waals surface area contributed by atoms with E-state index in [-0.39, 0.29) is 0 Å². The van der Waals surface area contributed by atoms with Gasteiger partial charge in [-0.2, -0.15) is 4.98 Å². The number of benzene rings is 1. The summed E-state index contributed by atoms with van der Waals surface area (Å²) in [5.41, 5.74) is 4.87. The van der Waals surface area contributed by atoms with Crippen molar-refractivity contribution in [2.75, 3.05) is 7.11 Å². The molecular weight excluding hydrogens is 362 g/mol. The molecule has 2 aromatic heterocycles. The quantitative estimate of drug-likeness (QED) is 0.575. The summed E-state index contributed by atoms with van der Waals surface area (Å²) in [6, 6.07) is 7.77. The first kappa shape index (κ1) is 18.0. The van der Waals surface area contributed by atoms with Crippen LogP contribution in [0.4, 0.5) is 0 Å². The third-order valence-electron chi connectivity index (χ3n) is 5.34. The van der Waals surface area contributed by atoms with Gasteiger partial charge in [0.05, 0.1) is 7.11 Å². The minimum absolute atomic E-state index is 0.458. The summed E-state index contributed by atoms with van der Waals surface area (Å²) in [7, 11) is 1.63. The maximum Gasteiger partial charge on any atom is 0.258 e. The number of nitrogens with zero attached hydrogens (tertiary/aromatic N) is 3. The molecule has 140 valence electrons. The number of hydrogen-bond acceptors (Lipinski definition) is 5. The molecule has 0 bridgehead atoms. The Morgan fingerprint density at radius 2 is 1.81 bits per heavy atom. The molecular formula is C21H22ClN3O2. The van der Waals surface area contributed by atoms with Crippen LogP contribution in [0.3, 0.4) is 0 Å². The van der Waals surface area contributed by atoms with Crippen LogP contribution < -0.4 is 4.74 Å². The molecule has 0 spiro atoms. The Labute approximate surface area is 163 Å². The van der Waals surface area contributed by atoms with Crippen LogP contribution in [0.15, 0.2) is 28.8 Å². The Bertz CT molecular complexity index is 954. The Kier molecular flexibility index (Phi) is 4.87. The first-order chi connectivity index (χ1) is 13.0. The van der Waals surface area contributed by atoms with Gasteiger partial charge < -0.3 is 9.26 Å². The number of hydrogen-bond donors (Lipinski definition) is 0. The van der Waals surface area contributed by atoms with Crippen LogP contribution >= 0.6 is 11.6 Å². The molecule has 0 amide bonds. The average Bonchev–Trinajstić information content (AvgIpc) is 3.37. The van der Waals surface area contributed by atoms with Gasteiger partial charge in [-0.05, 0) is 56.0 Å². The molecule has 0 atom stereocenters. The van der Waals surface area contributed by atoms with E-state index in [1.54, 1.807) is 7.11 Å². The summed E-state index contributed by atoms with van der Waals surface area (Å²) in [6.07, 6.45) is 4.82. The summed E-state index contributed by atoms with van der Waals surface area (Å²) in [5, 5.41) is 4.85. The lowest BCUT2D eigenvalue weighted by Crippen LogP contribution is -1.99. The zero-order chi connectivity index (χ0) is 19.0. The SMILES string of the molecule is COc1cc(-c2nc(-c3cc(C)c(C)c(Cl)c3)no2)cc(C2CCCC2)n1. The highest BCUT2D eigenvalue weighted by Gasteiger charge is 2.21. The molecule has 1 aliphatic rings. The van der Waals surface area contributed by atoms with Gasteiger partial charge in [-0.25, -0.2) is 4.98 Å². The van der Waals surface area contributed by atoms with E-state index in [1.807, 2.05) is 38.1 Å². The van der Waals surface area contributed by atoms with Crippen molar-refractivity contribution in [1.82, 2.24) is 15.1 Å². The summed E-state index contributed by atoms with van der Waals surface area (Å²) in [5.74, 6) is 2.02. The maximum absolute atomic E-state index is 6.31. The molecule has 0 N–H and O–H groups in total. The predicted octanol–water partition coefficient (Wildman–Crippen LogP) is 5.74. The van der Waals surface area contributed by atoms with E-state index >= 15 is 0 Å². The van der Waals surface area contributed by atoms with Crippen molar-refractivity contribution in [3.05, 3.63) is 46.1 Å². The molecule has 1 fully saturated rings. The number of rotatable bonds is 4. The largest absolute Gasteiger partial charge is 0.481 e. The second kappa shape index (κ2) is 7.31. The fourth-order valence-electron chi connectivity index (χ4n) is 3.59. The van der Waals surface area contributed by atoms with E-state index in [2.05, 4.69) is 15.1 Å². The van der Waals surface area contributed by atoms with Crippen LogP contribution in [0.25, 0.3) is 22.8 Å². The number of aromatic nitrogens is 3. The molecule has 1 aliphatic carbocycles. The Hall–Kier alpha value is -2.40. The lowest BCUT2D eigenvalue weighted by molar-refractivity contribution is 0.394. The van der Waals surface area contributed by atoms with Crippen LogP contribution in [-0.2, 0) is 0 Å². The lowest BCUT2D eigenvalue weighted by Gasteiger charge is -2.11. The fraction of sp³-hybridized carbons (Fsp3) is 0.381. The summed E-state index contributed by atoms with van der Waals surface area (Å²) >= 11 is 6.31. The Morgan fingerprint density at radius 1 is 1.04 bits per heavy atom. The van der Waals surface area contributed by atoms with Gasteiger partial charge in [0, 0.05) is 33.8 Å². The zero-order valence-corrected chi connectivity index (χ0v) is 16.5. The molecule has 6 heteroatoms. The lowest BCUT2D eigenvalue weighted by atomic mass is 10.0. The highest BCUT2D eigenvalue weighted by Crippen LogP contribution is 2.36. The van der Waals surface area contributed by atoms with E-state index in [1.165, 1.54) is 12.8 Å². The first-order valence-electron chi connectivity index (χ1n) is 9.22. The molecule has 1 aromatic carbocycles. The molecule has 0 radical (unpaired) electrons. The molecule has 27 heavy (non-hydrogen) atoms. The van der Waals surface area contributed by atoms with Crippen molar-refractivity contribution in [1.29, 1.82) is 0 Å². The normalized spacial score (nSPS) is 14.7. The van der Waals surface area contributed by atoms with Gasteiger partial charge in [-0.3, -0.25) is 0 Å². The van der Waals surface area contributed by atoms with Crippen molar-refractivity contribution >= 4 is 11.6 Å². The van der Waals surface area contributed by atoms with E-state index < -0.39 is 0 Å². The number of aryl methyl sites for hydroxylation is 1. The predicted molar refractivity (Wildman–Crippen MR) is 105 cm³/mol. The molecule has 2 heterocycles. The van der Waals surface area contributed by atoms with Gasteiger partial charge in [-0.1, -0.05) is 29.6 Å². The van der Waals surface area contributed by atoms with Crippen LogP contribution in [0.2, 0.25) is 5.02 Å². The van der Waals surface area contributed by atoms with Crippen molar-refractivity contribution < 1.29 is 9.26 Å². The Balaban J connectivity index is 1.71. The van der Waals surface area contributed by atoms with Crippen molar-refractivity contribution in [3.63, 3.8) is 0 Å². The summed E-state index contributed by atoms with van der Waals surface area (Å²) < 4.78 is 10.9. The number of halogens is 1. The van der Waals surface area contributed by atoms with Crippen LogP contribution in [0, 0.1) is 13.8 Å². The van der Waals surface area contributed by atoms with Gasteiger partial charge in [0.15, 0.2) is 0 Å². The number of methoxy groups -OCH3 is 1. The minimum Gasteiger partial charge on any atom is -0.481 e. The van der Waals surface area contributed by atoms with Gasteiger partial charge in [0.2, 0.25) is 11.7 Å². The van der Waals surface area contributed by atoms with E-state index in [0.717, 1.165) is 40.8 Å². The van der Waals surface area contributed by atoms with Gasteiger partial charge >= 0.3 is 0 Å². The third kappa shape index (κ3) is 3.56. The minimum atomic E-state index is 0.458. The zero-order valence-electron chi connectivity index (χ0n) is 15.8.